The summed E-state index contributed by atoms with van der Waals surface area (Å²) in [5, 5.41) is 0. The van der Waals surface area contributed by atoms with Crippen LogP contribution in [0.25, 0.3) is 0 Å². The molecule has 0 atom stereocenters. The fraction of sp³-hybridized carbons (Fsp3) is 0.400. The average molecular weight is 366 g/mol. The normalized spacial score (nSPS) is 10.8. The summed E-state index contributed by atoms with van der Waals surface area (Å²) in [5.41, 5.74) is 2.57. The van der Waals surface area contributed by atoms with Crippen molar-refractivity contribution in [1.29, 1.82) is 0 Å². The summed E-state index contributed by atoms with van der Waals surface area (Å²) in [6.45, 7) is 1.67. The monoisotopic (exact) mass is 366 g/mol. The van der Waals surface area contributed by atoms with Gasteiger partial charge in [0.05, 0.1) is 6.33 Å². The molecule has 0 bridgehead atoms. The number of halogens is 1. The number of hydrogen-bond donors (Lipinski definition) is 1. The summed E-state index contributed by atoms with van der Waals surface area (Å²) in [5.74, 6) is 0. The smallest absolute Gasteiger partial charge is 0.0921 e. The number of nitrogens with one attached hydrogen (secondary N) is 1. The predicted octanol–water partition coefficient (Wildman–Crippen LogP) is 3.60. The zero-order valence-electron chi connectivity index (χ0n) is 10.9. The Morgan fingerprint density at radius 2 is 1.79 bits per heavy atom. The summed E-state index contributed by atoms with van der Waals surface area (Å²) in [4.78, 5) is 7.09. The van der Waals surface area contributed by atoms with Crippen molar-refractivity contribution < 1.29 is 4.74 Å². The first-order valence-electron chi connectivity index (χ1n) is 6.64. The number of hydrogen-bond acceptors (Lipinski definition) is 2. The fourth-order valence-electron chi connectivity index (χ4n) is 1.92. The molecule has 0 aliphatic carbocycles. The maximum atomic E-state index is 5.64. The molecular formula is C15H19IN2O. The lowest BCUT2D eigenvalue weighted by Crippen LogP contribution is -2.00. The van der Waals surface area contributed by atoms with E-state index >= 15 is 0 Å². The summed E-state index contributed by atoms with van der Waals surface area (Å²) < 4.78 is 6.93. The zero-order chi connectivity index (χ0) is 13.3. The van der Waals surface area contributed by atoms with Crippen LogP contribution in [-0.2, 0) is 17.6 Å². The Morgan fingerprint density at radius 3 is 2.47 bits per heavy atom. The number of aryl methyl sites for hydroxylation is 2. The molecule has 1 heterocycles. The van der Waals surface area contributed by atoms with E-state index in [2.05, 4.69) is 56.8 Å². The molecule has 1 N–H and O–H groups in total. The Labute approximate surface area is 127 Å². The first kappa shape index (κ1) is 14.5. The molecule has 0 amide bonds. The van der Waals surface area contributed by atoms with Crippen LogP contribution in [0.1, 0.15) is 24.1 Å². The van der Waals surface area contributed by atoms with E-state index in [9.17, 15) is 0 Å². The van der Waals surface area contributed by atoms with E-state index in [1.54, 1.807) is 6.33 Å². The highest BCUT2D eigenvalue weighted by Gasteiger charge is 1.96. The van der Waals surface area contributed by atoms with Gasteiger partial charge in [-0.3, -0.25) is 0 Å². The van der Waals surface area contributed by atoms with Crippen LogP contribution in [0.15, 0.2) is 36.8 Å². The average Bonchev–Trinajstić information content (AvgIpc) is 2.93. The summed E-state index contributed by atoms with van der Waals surface area (Å²) in [6.07, 6.45) is 7.83. The Morgan fingerprint density at radius 1 is 1.05 bits per heavy atom. The van der Waals surface area contributed by atoms with Crippen molar-refractivity contribution in [3.05, 3.63) is 51.6 Å². The summed E-state index contributed by atoms with van der Waals surface area (Å²) in [7, 11) is 0. The molecule has 0 aliphatic heterocycles. The molecule has 0 saturated heterocycles. The maximum Gasteiger partial charge on any atom is 0.0921 e. The van der Waals surface area contributed by atoms with Gasteiger partial charge in [0, 0.05) is 28.7 Å². The number of ether oxygens (including phenoxy) is 1. The van der Waals surface area contributed by atoms with E-state index in [1.807, 2.05) is 6.20 Å². The molecule has 0 spiro atoms. The van der Waals surface area contributed by atoms with E-state index in [1.165, 1.54) is 14.8 Å². The quantitative estimate of drug-likeness (QED) is 0.573. The number of aromatic nitrogens is 2. The molecule has 3 nitrogen and oxygen atoms in total. The van der Waals surface area contributed by atoms with Crippen molar-refractivity contribution in [3.63, 3.8) is 0 Å². The van der Waals surface area contributed by atoms with E-state index < -0.39 is 0 Å². The second-order valence-electron chi connectivity index (χ2n) is 4.52. The van der Waals surface area contributed by atoms with Gasteiger partial charge >= 0.3 is 0 Å². The van der Waals surface area contributed by atoms with Crippen molar-refractivity contribution >= 4 is 22.6 Å². The lowest BCUT2D eigenvalue weighted by atomic mass is 10.1. The number of aromatic amines is 1. The number of imidazole rings is 1. The second kappa shape index (κ2) is 8.32. The molecule has 1 aromatic carbocycles. The number of nitrogens with zero attached hydrogens (tertiary/aromatic N) is 1. The Balaban J connectivity index is 1.49. The van der Waals surface area contributed by atoms with E-state index in [0.29, 0.717) is 0 Å². The van der Waals surface area contributed by atoms with Crippen LogP contribution in [0, 0.1) is 3.57 Å². The van der Waals surface area contributed by atoms with Gasteiger partial charge in [-0.05, 0) is 66.0 Å². The van der Waals surface area contributed by atoms with E-state index in [0.717, 1.165) is 38.9 Å². The maximum absolute atomic E-state index is 5.64. The van der Waals surface area contributed by atoms with Crippen LogP contribution in [0.3, 0.4) is 0 Å². The fourth-order valence-corrected chi connectivity index (χ4v) is 2.28. The van der Waals surface area contributed by atoms with Crippen LogP contribution in [0.2, 0.25) is 0 Å². The second-order valence-corrected chi connectivity index (χ2v) is 5.77. The van der Waals surface area contributed by atoms with Crippen molar-refractivity contribution in [1.82, 2.24) is 9.97 Å². The Hall–Kier alpha value is -0.880. The molecule has 4 heteroatoms. The number of rotatable bonds is 8. The van der Waals surface area contributed by atoms with Crippen molar-refractivity contribution in [2.45, 2.75) is 25.7 Å². The van der Waals surface area contributed by atoms with Crippen molar-refractivity contribution in [3.8, 4) is 0 Å². The van der Waals surface area contributed by atoms with Gasteiger partial charge in [-0.1, -0.05) is 12.1 Å². The van der Waals surface area contributed by atoms with Gasteiger partial charge in [-0.15, -0.1) is 0 Å². The molecule has 102 valence electrons. The molecule has 0 saturated carbocycles. The van der Waals surface area contributed by atoms with Gasteiger partial charge in [0.15, 0.2) is 0 Å². The molecular weight excluding hydrogens is 347 g/mol. The van der Waals surface area contributed by atoms with Gasteiger partial charge in [0.1, 0.15) is 0 Å². The van der Waals surface area contributed by atoms with E-state index in [4.69, 9.17) is 4.74 Å². The van der Waals surface area contributed by atoms with Crippen molar-refractivity contribution in [2.24, 2.45) is 0 Å². The molecule has 0 aliphatic rings. The summed E-state index contributed by atoms with van der Waals surface area (Å²) in [6, 6.07) is 8.70. The van der Waals surface area contributed by atoms with Crippen LogP contribution >= 0.6 is 22.6 Å². The van der Waals surface area contributed by atoms with Crippen LogP contribution in [0.5, 0.6) is 0 Å². The molecule has 0 radical (unpaired) electrons. The molecule has 19 heavy (non-hydrogen) atoms. The highest BCUT2D eigenvalue weighted by atomic mass is 123. The van der Waals surface area contributed by atoms with Gasteiger partial charge in [0.2, 0.25) is 0 Å². The minimum absolute atomic E-state index is 0.825. The Kier molecular flexibility index (Phi) is 6.36. The minimum atomic E-state index is 0.825. The topological polar surface area (TPSA) is 37.9 Å². The lowest BCUT2D eigenvalue weighted by Gasteiger charge is -2.04. The minimum Gasteiger partial charge on any atom is -0.381 e. The van der Waals surface area contributed by atoms with Crippen molar-refractivity contribution in [2.75, 3.05) is 13.2 Å². The molecule has 0 unspecified atom stereocenters. The first-order valence-corrected chi connectivity index (χ1v) is 7.72. The van der Waals surface area contributed by atoms with Crippen LogP contribution < -0.4 is 0 Å². The molecule has 2 aromatic rings. The molecule has 2 rings (SSSR count). The molecule has 0 fully saturated rings. The predicted molar refractivity (Wildman–Crippen MR) is 85.2 cm³/mol. The van der Waals surface area contributed by atoms with Gasteiger partial charge in [-0.2, -0.15) is 0 Å². The number of H-pyrrole nitrogens is 1. The highest BCUT2D eigenvalue weighted by molar-refractivity contribution is 14.1. The third-order valence-corrected chi connectivity index (χ3v) is 3.68. The van der Waals surface area contributed by atoms with Crippen LogP contribution in [-0.4, -0.2) is 23.2 Å². The van der Waals surface area contributed by atoms with Gasteiger partial charge in [-0.25, -0.2) is 4.98 Å². The van der Waals surface area contributed by atoms with Gasteiger partial charge in [0.25, 0.3) is 0 Å². The highest BCUT2D eigenvalue weighted by Crippen LogP contribution is 2.08. The number of benzene rings is 1. The SMILES string of the molecule is [123I]c1ccc(CCCOCCCc2cnc[nH]2)cc1. The van der Waals surface area contributed by atoms with E-state index in [-0.39, 0.29) is 0 Å². The Bertz CT molecular complexity index is 454. The van der Waals surface area contributed by atoms with Crippen LogP contribution in [0.4, 0.5) is 0 Å². The summed E-state index contributed by atoms with van der Waals surface area (Å²) >= 11 is 2.33. The van der Waals surface area contributed by atoms with Gasteiger partial charge < -0.3 is 9.72 Å². The third kappa shape index (κ3) is 5.74. The zero-order valence-corrected chi connectivity index (χ0v) is 13.1. The lowest BCUT2D eigenvalue weighted by molar-refractivity contribution is 0.129. The largest absolute Gasteiger partial charge is 0.381 e. The first-order chi connectivity index (χ1) is 9.34. The third-order valence-electron chi connectivity index (χ3n) is 2.96. The standard InChI is InChI=1S/C15H19IN2O/c16-14-7-5-13(6-8-14)3-1-9-19-10-2-4-15-11-17-12-18-15/h5-8,11-12H,1-4,9-10H2,(H,17,18)/i16-4. The molecule has 1 aromatic heterocycles.